The molecular formula is C13H10ClN3O2S. The molecule has 0 bridgehead atoms. The number of nitrogens with zero attached hydrogens (tertiary/aromatic N) is 2. The van der Waals surface area contributed by atoms with Gasteiger partial charge < -0.3 is 10.4 Å². The average molecular weight is 308 g/mol. The molecule has 0 saturated carbocycles. The van der Waals surface area contributed by atoms with Crippen LogP contribution in [0.2, 0.25) is 5.02 Å². The normalized spacial score (nSPS) is 11.7. The Morgan fingerprint density at radius 1 is 1.60 bits per heavy atom. The average Bonchev–Trinajstić information content (AvgIpc) is 2.89. The maximum absolute atomic E-state index is 10.8. The van der Waals surface area contributed by atoms with Crippen molar-refractivity contribution < 1.29 is 9.90 Å². The fraction of sp³-hybridized carbons (Fsp3) is 0.154. The molecule has 0 spiro atoms. The fourth-order valence-corrected chi connectivity index (χ4v) is 2.65. The molecule has 1 aromatic carbocycles. The van der Waals surface area contributed by atoms with Crippen LogP contribution in [0.25, 0.3) is 0 Å². The van der Waals surface area contributed by atoms with Crippen LogP contribution in [0, 0.1) is 11.3 Å². The summed E-state index contributed by atoms with van der Waals surface area (Å²) in [5.41, 5.74) is 0.973. The summed E-state index contributed by atoms with van der Waals surface area (Å²) in [5, 5.41) is 23.6. The standard InChI is InChI=1S/C13H10ClN3O2S/c1-7(12-17-11(6-20-12)13(18)19)16-10-4-2-3-9(14)8(10)5-15/h2-4,6-7,16H,1H3,(H,18,19). The van der Waals surface area contributed by atoms with Crippen LogP contribution < -0.4 is 5.32 Å². The van der Waals surface area contributed by atoms with Crippen LogP contribution >= 0.6 is 22.9 Å². The van der Waals surface area contributed by atoms with Gasteiger partial charge in [-0.05, 0) is 19.1 Å². The molecule has 20 heavy (non-hydrogen) atoms. The van der Waals surface area contributed by atoms with E-state index < -0.39 is 5.97 Å². The third-order valence-corrected chi connectivity index (χ3v) is 3.95. The first-order valence-corrected chi connectivity index (χ1v) is 6.92. The van der Waals surface area contributed by atoms with Crippen molar-refractivity contribution in [3.63, 3.8) is 0 Å². The van der Waals surface area contributed by atoms with Gasteiger partial charge in [-0.2, -0.15) is 5.26 Å². The van der Waals surface area contributed by atoms with E-state index >= 15 is 0 Å². The Kier molecular flexibility index (Phi) is 4.23. The van der Waals surface area contributed by atoms with Crippen molar-refractivity contribution in [2.75, 3.05) is 5.32 Å². The predicted octanol–water partition coefficient (Wildman–Crippen LogP) is 3.54. The minimum atomic E-state index is -1.06. The highest BCUT2D eigenvalue weighted by Gasteiger charge is 2.15. The number of thiazole rings is 1. The topological polar surface area (TPSA) is 86.0 Å². The molecule has 0 radical (unpaired) electrons. The zero-order valence-electron chi connectivity index (χ0n) is 10.4. The summed E-state index contributed by atoms with van der Waals surface area (Å²) in [6.45, 7) is 1.84. The van der Waals surface area contributed by atoms with Crippen molar-refractivity contribution >= 4 is 34.6 Å². The monoisotopic (exact) mass is 307 g/mol. The van der Waals surface area contributed by atoms with E-state index in [4.69, 9.17) is 22.0 Å². The van der Waals surface area contributed by atoms with Crippen LogP contribution in [0.15, 0.2) is 23.6 Å². The first-order valence-electron chi connectivity index (χ1n) is 5.66. The Balaban J connectivity index is 2.23. The molecule has 0 fully saturated rings. The molecule has 0 saturated heterocycles. The first kappa shape index (κ1) is 14.3. The fourth-order valence-electron chi connectivity index (χ4n) is 1.64. The molecule has 7 heteroatoms. The Bertz CT molecular complexity index is 693. The molecule has 5 nitrogen and oxygen atoms in total. The van der Waals surface area contributed by atoms with Gasteiger partial charge in [0.2, 0.25) is 0 Å². The molecule has 102 valence electrons. The maximum Gasteiger partial charge on any atom is 0.355 e. The van der Waals surface area contributed by atoms with Gasteiger partial charge in [-0.3, -0.25) is 0 Å². The zero-order chi connectivity index (χ0) is 14.7. The van der Waals surface area contributed by atoms with Crippen molar-refractivity contribution in [2.45, 2.75) is 13.0 Å². The SMILES string of the molecule is CC(Nc1cccc(Cl)c1C#N)c1nc(C(=O)O)cs1. The molecule has 0 amide bonds. The molecule has 2 aromatic rings. The highest BCUT2D eigenvalue weighted by atomic mass is 35.5. The van der Waals surface area contributed by atoms with Gasteiger partial charge in [0.25, 0.3) is 0 Å². The van der Waals surface area contributed by atoms with Crippen LogP contribution in [-0.4, -0.2) is 16.1 Å². The molecular weight excluding hydrogens is 298 g/mol. The number of aromatic carboxylic acids is 1. The number of halogens is 1. The van der Waals surface area contributed by atoms with E-state index in [2.05, 4.69) is 10.3 Å². The second kappa shape index (κ2) is 5.90. The van der Waals surface area contributed by atoms with Gasteiger partial charge in [-0.1, -0.05) is 17.7 Å². The first-order chi connectivity index (χ1) is 9.52. The van der Waals surface area contributed by atoms with Crippen molar-refractivity contribution in [3.8, 4) is 6.07 Å². The van der Waals surface area contributed by atoms with Crippen molar-refractivity contribution in [3.05, 3.63) is 44.9 Å². The second-order valence-corrected chi connectivity index (χ2v) is 5.31. The van der Waals surface area contributed by atoms with Gasteiger partial charge in [0.15, 0.2) is 5.69 Å². The Labute approximate surface area is 124 Å². The lowest BCUT2D eigenvalue weighted by Gasteiger charge is -2.14. The summed E-state index contributed by atoms with van der Waals surface area (Å²) < 4.78 is 0. The molecule has 1 heterocycles. The van der Waals surface area contributed by atoms with Gasteiger partial charge >= 0.3 is 5.97 Å². The molecule has 0 aliphatic rings. The minimum absolute atomic E-state index is 0.0188. The number of nitrogens with one attached hydrogen (secondary N) is 1. The van der Waals surface area contributed by atoms with Crippen LogP contribution in [0.5, 0.6) is 0 Å². The summed E-state index contributed by atoms with van der Waals surface area (Å²) in [5.74, 6) is -1.06. The van der Waals surface area contributed by atoms with Gasteiger partial charge in [-0.25, -0.2) is 9.78 Å². The molecule has 2 rings (SSSR count). The van der Waals surface area contributed by atoms with E-state index in [9.17, 15) is 4.79 Å². The lowest BCUT2D eigenvalue weighted by molar-refractivity contribution is 0.0691. The molecule has 0 aliphatic heterocycles. The number of nitriles is 1. The number of benzene rings is 1. The number of anilines is 1. The van der Waals surface area contributed by atoms with E-state index in [1.807, 2.05) is 13.0 Å². The lowest BCUT2D eigenvalue weighted by Crippen LogP contribution is -2.08. The number of aromatic nitrogens is 1. The number of carbonyl (C=O) groups is 1. The molecule has 1 aromatic heterocycles. The predicted molar refractivity (Wildman–Crippen MR) is 77.3 cm³/mol. The van der Waals surface area contributed by atoms with E-state index in [0.29, 0.717) is 21.3 Å². The summed E-state index contributed by atoms with van der Waals surface area (Å²) in [6.07, 6.45) is 0. The molecule has 1 atom stereocenters. The van der Waals surface area contributed by atoms with E-state index in [1.54, 1.807) is 18.2 Å². The van der Waals surface area contributed by atoms with Crippen LogP contribution in [0.4, 0.5) is 5.69 Å². The summed E-state index contributed by atoms with van der Waals surface area (Å²) in [6, 6.07) is 6.94. The Hall–Kier alpha value is -2.10. The lowest BCUT2D eigenvalue weighted by atomic mass is 10.2. The third-order valence-electron chi connectivity index (χ3n) is 2.61. The smallest absolute Gasteiger partial charge is 0.355 e. The minimum Gasteiger partial charge on any atom is -0.476 e. The summed E-state index contributed by atoms with van der Waals surface area (Å²) in [4.78, 5) is 14.8. The quantitative estimate of drug-likeness (QED) is 0.902. The maximum atomic E-state index is 10.8. The van der Waals surface area contributed by atoms with Crippen LogP contribution in [0.1, 0.15) is 34.0 Å². The molecule has 1 unspecified atom stereocenters. The number of hydrogen-bond donors (Lipinski definition) is 2. The Morgan fingerprint density at radius 3 is 2.95 bits per heavy atom. The largest absolute Gasteiger partial charge is 0.476 e. The van der Waals surface area contributed by atoms with Gasteiger partial charge in [-0.15, -0.1) is 11.3 Å². The van der Waals surface area contributed by atoms with E-state index in [-0.39, 0.29) is 11.7 Å². The summed E-state index contributed by atoms with van der Waals surface area (Å²) >= 11 is 7.20. The second-order valence-electron chi connectivity index (χ2n) is 4.02. The van der Waals surface area contributed by atoms with Crippen molar-refractivity contribution in [1.29, 1.82) is 5.26 Å². The van der Waals surface area contributed by atoms with E-state index in [1.165, 1.54) is 16.7 Å². The highest BCUT2D eigenvalue weighted by Crippen LogP contribution is 2.28. The van der Waals surface area contributed by atoms with Crippen molar-refractivity contribution in [1.82, 2.24) is 4.98 Å². The molecule has 0 aliphatic carbocycles. The van der Waals surface area contributed by atoms with Crippen LogP contribution in [-0.2, 0) is 0 Å². The summed E-state index contributed by atoms with van der Waals surface area (Å²) in [7, 11) is 0. The van der Waals surface area contributed by atoms with Gasteiger partial charge in [0, 0.05) is 5.38 Å². The highest BCUT2D eigenvalue weighted by molar-refractivity contribution is 7.09. The van der Waals surface area contributed by atoms with Crippen molar-refractivity contribution in [2.24, 2.45) is 0 Å². The van der Waals surface area contributed by atoms with Gasteiger partial charge in [0.1, 0.15) is 11.1 Å². The zero-order valence-corrected chi connectivity index (χ0v) is 12.0. The number of rotatable bonds is 4. The number of hydrogen-bond acceptors (Lipinski definition) is 5. The van der Waals surface area contributed by atoms with E-state index in [0.717, 1.165) is 0 Å². The Morgan fingerprint density at radius 2 is 2.35 bits per heavy atom. The van der Waals surface area contributed by atoms with Gasteiger partial charge in [0.05, 0.1) is 22.3 Å². The van der Waals surface area contributed by atoms with Crippen LogP contribution in [0.3, 0.4) is 0 Å². The number of carboxylic acid groups (broad SMARTS) is 1. The molecule has 2 N–H and O–H groups in total. The number of carboxylic acids is 1. The third kappa shape index (κ3) is 2.90.